The van der Waals surface area contributed by atoms with Crippen molar-refractivity contribution < 1.29 is 19.1 Å². The summed E-state index contributed by atoms with van der Waals surface area (Å²) < 4.78 is 6.88. The molecule has 0 aliphatic heterocycles. The summed E-state index contributed by atoms with van der Waals surface area (Å²) in [6.07, 6.45) is 11.5. The summed E-state index contributed by atoms with van der Waals surface area (Å²) in [5.74, 6) is 1.90. The molecule has 9 atom stereocenters. The first-order chi connectivity index (χ1) is 17.5. The molecule has 4 aliphatic rings. The Balaban J connectivity index is 1.50. The van der Waals surface area contributed by atoms with Crippen molar-refractivity contribution in [1.29, 1.82) is 0 Å². The fraction of sp³-hybridized carbons (Fsp3) is 0.879. The molecule has 0 amide bonds. The zero-order chi connectivity index (χ0) is 28.3. The number of carbonyl (C=O) groups excluding carboxylic acids is 2. The van der Waals surface area contributed by atoms with Crippen molar-refractivity contribution >= 4 is 19.9 Å². The van der Waals surface area contributed by atoms with Gasteiger partial charge >= 0.3 is 0 Å². The summed E-state index contributed by atoms with van der Waals surface area (Å²) in [6.45, 7) is 20.7. The normalized spacial score (nSPS) is 39.1. The van der Waals surface area contributed by atoms with Crippen molar-refractivity contribution in [3.05, 3.63) is 11.6 Å². The minimum Gasteiger partial charge on any atom is -0.414 e. The molecule has 0 aromatic heterocycles. The summed E-state index contributed by atoms with van der Waals surface area (Å²) in [7, 11) is -1.79. The van der Waals surface area contributed by atoms with Crippen molar-refractivity contribution in [2.24, 2.45) is 46.3 Å². The van der Waals surface area contributed by atoms with Gasteiger partial charge in [-0.3, -0.25) is 9.59 Å². The van der Waals surface area contributed by atoms with Crippen LogP contribution in [-0.2, 0) is 14.0 Å². The summed E-state index contributed by atoms with van der Waals surface area (Å²) in [6, 6.07) is 0. The first-order valence-electron chi connectivity index (χ1n) is 15.6. The highest BCUT2D eigenvalue weighted by Crippen LogP contribution is 2.66. The molecule has 0 unspecified atom stereocenters. The third kappa shape index (κ3) is 5.18. The highest BCUT2D eigenvalue weighted by atomic mass is 28.4. The lowest BCUT2D eigenvalue weighted by molar-refractivity contribution is -0.134. The molecule has 0 aromatic rings. The van der Waals surface area contributed by atoms with Crippen LogP contribution in [-0.4, -0.2) is 37.7 Å². The van der Waals surface area contributed by atoms with Crippen LogP contribution in [0.15, 0.2) is 11.6 Å². The Morgan fingerprint density at radius 3 is 2.45 bits per heavy atom. The van der Waals surface area contributed by atoms with Crippen LogP contribution in [0.1, 0.15) is 106 Å². The first kappa shape index (κ1) is 30.2. The van der Waals surface area contributed by atoms with Gasteiger partial charge in [-0.05, 0) is 97.6 Å². The van der Waals surface area contributed by atoms with Gasteiger partial charge in [-0.15, -0.1) is 0 Å². The number of fused-ring (bicyclic) bond motifs is 5. The number of hydrogen-bond acceptors (Lipinski definition) is 4. The number of hydrogen-bond donors (Lipinski definition) is 1. The van der Waals surface area contributed by atoms with E-state index in [1.807, 2.05) is 13.8 Å². The monoisotopic (exact) mass is 544 g/mol. The van der Waals surface area contributed by atoms with Gasteiger partial charge in [0.2, 0.25) is 0 Å². The van der Waals surface area contributed by atoms with Gasteiger partial charge in [0.15, 0.2) is 8.32 Å². The predicted molar refractivity (Wildman–Crippen MR) is 157 cm³/mol. The molecule has 3 fully saturated rings. The molecule has 5 heteroatoms. The highest BCUT2D eigenvalue weighted by Gasteiger charge is 2.62. The van der Waals surface area contributed by atoms with Crippen LogP contribution in [0.2, 0.25) is 18.1 Å². The van der Waals surface area contributed by atoms with E-state index in [1.54, 1.807) is 5.57 Å². The Morgan fingerprint density at radius 2 is 1.82 bits per heavy atom. The van der Waals surface area contributed by atoms with E-state index in [4.69, 9.17) is 4.43 Å². The van der Waals surface area contributed by atoms with Gasteiger partial charge in [0, 0.05) is 37.4 Å². The molecular formula is C33H56O4Si. The van der Waals surface area contributed by atoms with E-state index in [9.17, 15) is 14.7 Å². The molecule has 4 aliphatic carbocycles. The van der Waals surface area contributed by atoms with Crippen LogP contribution in [0.5, 0.6) is 0 Å². The smallest absolute Gasteiger partial charge is 0.192 e. The second-order valence-corrected chi connectivity index (χ2v) is 20.5. The summed E-state index contributed by atoms with van der Waals surface area (Å²) in [5, 5.41) is 9.60. The number of ketones is 2. The number of aliphatic hydroxyl groups is 1. The SMILES string of the molecule is C[C@@H](CO)CCC(=O)[C@@H](C)[C@H]1C(=O)C[C@H]2[C@@H]3CC=C4C[C@@H](O[Si](C)(C)C(C)(C)C)CC[C@]4(C)[C@H]3CC[C@]12C. The Hall–Kier alpha value is -0.783. The van der Waals surface area contributed by atoms with E-state index in [1.165, 1.54) is 12.8 Å². The topological polar surface area (TPSA) is 63.6 Å². The Morgan fingerprint density at radius 1 is 1.13 bits per heavy atom. The third-order valence-electron chi connectivity index (χ3n) is 12.4. The Kier molecular flexibility index (Phi) is 8.39. The lowest BCUT2D eigenvalue weighted by Gasteiger charge is -2.58. The van der Waals surface area contributed by atoms with Crippen molar-refractivity contribution in [2.45, 2.75) is 130 Å². The molecule has 216 valence electrons. The van der Waals surface area contributed by atoms with E-state index in [-0.39, 0.29) is 46.0 Å². The Bertz CT molecular complexity index is 947. The molecule has 0 radical (unpaired) electrons. The van der Waals surface area contributed by atoms with Crippen LogP contribution in [0.25, 0.3) is 0 Å². The maximum atomic E-state index is 13.6. The number of Topliss-reactive ketones (excluding diaryl/α,β-unsaturated/α-hetero) is 2. The van der Waals surface area contributed by atoms with Crippen molar-refractivity contribution in [3.63, 3.8) is 0 Å². The summed E-state index contributed by atoms with van der Waals surface area (Å²) >= 11 is 0. The van der Waals surface area contributed by atoms with Gasteiger partial charge in [0.05, 0.1) is 0 Å². The maximum absolute atomic E-state index is 13.6. The standard InChI is InChI=1S/C33H56O4Si/c1-21(20-34)10-13-28(35)22(2)30-29(36)19-27-25-12-11-23-18-24(37-38(8,9)31(3,4)5)14-16-32(23,6)26(25)15-17-33(27,30)7/h11,21-22,24-27,30,34H,10,12-20H2,1-9H3/t21-,22-,24+,25-,26+,27+,30+,32+,33+/m1/s1. The second-order valence-electron chi connectivity index (χ2n) is 15.8. The van der Waals surface area contributed by atoms with E-state index in [2.05, 4.69) is 53.8 Å². The third-order valence-corrected chi connectivity index (χ3v) is 17.0. The molecular weight excluding hydrogens is 488 g/mol. The number of aliphatic hydroxyl groups excluding tert-OH is 1. The fourth-order valence-electron chi connectivity index (χ4n) is 8.89. The molecule has 0 spiro atoms. The second kappa shape index (κ2) is 10.6. The molecule has 0 bridgehead atoms. The Labute approximate surface area is 233 Å². The van der Waals surface area contributed by atoms with Gasteiger partial charge in [0.1, 0.15) is 11.6 Å². The lowest BCUT2D eigenvalue weighted by atomic mass is 9.47. The van der Waals surface area contributed by atoms with Crippen LogP contribution >= 0.6 is 0 Å². The van der Waals surface area contributed by atoms with E-state index < -0.39 is 8.32 Å². The van der Waals surface area contributed by atoms with Gasteiger partial charge in [-0.1, -0.05) is 60.1 Å². The largest absolute Gasteiger partial charge is 0.414 e. The van der Waals surface area contributed by atoms with Gasteiger partial charge in [-0.25, -0.2) is 0 Å². The number of carbonyl (C=O) groups is 2. The molecule has 4 nitrogen and oxygen atoms in total. The quantitative estimate of drug-likeness (QED) is 0.251. The van der Waals surface area contributed by atoms with Crippen LogP contribution in [0.3, 0.4) is 0 Å². The maximum Gasteiger partial charge on any atom is 0.192 e. The van der Waals surface area contributed by atoms with E-state index in [0.717, 1.165) is 25.7 Å². The van der Waals surface area contributed by atoms with Crippen molar-refractivity contribution in [1.82, 2.24) is 0 Å². The van der Waals surface area contributed by atoms with E-state index >= 15 is 0 Å². The summed E-state index contributed by atoms with van der Waals surface area (Å²) in [5.41, 5.74) is 1.78. The zero-order valence-corrected chi connectivity index (χ0v) is 26.9. The minimum absolute atomic E-state index is 0.0692. The number of rotatable bonds is 8. The highest BCUT2D eigenvalue weighted by molar-refractivity contribution is 6.74. The van der Waals surface area contributed by atoms with Crippen LogP contribution < -0.4 is 0 Å². The average Bonchev–Trinajstić information content (AvgIpc) is 3.11. The van der Waals surface area contributed by atoms with Gasteiger partial charge in [0.25, 0.3) is 0 Å². The summed E-state index contributed by atoms with van der Waals surface area (Å²) in [4.78, 5) is 26.7. The molecule has 1 N–H and O–H groups in total. The first-order valence-corrected chi connectivity index (χ1v) is 18.5. The lowest BCUT2D eigenvalue weighted by Crippen LogP contribution is -2.52. The van der Waals surface area contributed by atoms with E-state index in [0.29, 0.717) is 48.9 Å². The van der Waals surface area contributed by atoms with Gasteiger partial charge in [-0.2, -0.15) is 0 Å². The average molecular weight is 545 g/mol. The molecule has 3 saturated carbocycles. The van der Waals surface area contributed by atoms with Crippen LogP contribution in [0.4, 0.5) is 0 Å². The molecule has 0 heterocycles. The molecule has 38 heavy (non-hydrogen) atoms. The fourth-order valence-corrected chi connectivity index (χ4v) is 10.3. The zero-order valence-electron chi connectivity index (χ0n) is 25.9. The molecule has 0 aromatic carbocycles. The minimum atomic E-state index is -1.79. The predicted octanol–water partition coefficient (Wildman–Crippen LogP) is 7.75. The number of allylic oxidation sites excluding steroid dienone is 1. The molecule has 0 saturated heterocycles. The van der Waals surface area contributed by atoms with Crippen LogP contribution in [0, 0.1) is 46.3 Å². The van der Waals surface area contributed by atoms with Crippen molar-refractivity contribution in [3.8, 4) is 0 Å². The van der Waals surface area contributed by atoms with Gasteiger partial charge < -0.3 is 9.53 Å². The van der Waals surface area contributed by atoms with Crippen molar-refractivity contribution in [2.75, 3.05) is 6.61 Å². The molecule has 4 rings (SSSR count).